The molecule has 37 heavy (non-hydrogen) atoms. The van der Waals surface area contributed by atoms with Crippen molar-refractivity contribution < 1.29 is 19.0 Å². The number of nitrogens with one attached hydrogen (secondary N) is 1. The molecule has 1 spiro atoms. The van der Waals surface area contributed by atoms with E-state index in [2.05, 4.69) is 15.3 Å². The van der Waals surface area contributed by atoms with Gasteiger partial charge in [-0.25, -0.2) is 18.8 Å². The number of halogens is 1. The Morgan fingerprint density at radius 3 is 2.73 bits per heavy atom. The van der Waals surface area contributed by atoms with Crippen LogP contribution < -0.4 is 15.8 Å². The fraction of sp³-hybridized carbons (Fsp3) is 0.333. The van der Waals surface area contributed by atoms with Crippen molar-refractivity contribution in [3.63, 3.8) is 0 Å². The van der Waals surface area contributed by atoms with Crippen LogP contribution in [0.4, 0.5) is 10.2 Å². The minimum Gasteiger partial charge on any atom is -0.496 e. The Kier molecular flexibility index (Phi) is 6.63. The Morgan fingerprint density at radius 2 is 1.97 bits per heavy atom. The van der Waals surface area contributed by atoms with Gasteiger partial charge in [0.15, 0.2) is 0 Å². The first kappa shape index (κ1) is 25.2. The van der Waals surface area contributed by atoms with Crippen LogP contribution in [0.25, 0.3) is 0 Å². The molecule has 0 saturated carbocycles. The van der Waals surface area contributed by atoms with Crippen LogP contribution >= 0.6 is 10.2 Å². The Balaban J connectivity index is 1.38. The number of hydrogen-bond donors (Lipinski definition) is 3. The minimum atomic E-state index is -1.62. The van der Waals surface area contributed by atoms with Gasteiger partial charge in [-0.15, -0.1) is 0 Å². The zero-order valence-electron chi connectivity index (χ0n) is 20.8. The summed E-state index contributed by atoms with van der Waals surface area (Å²) in [5.41, 5.74) is 9.11. The number of aliphatic hydroxyl groups is 1. The number of methoxy groups -OCH3 is 1. The van der Waals surface area contributed by atoms with Gasteiger partial charge in [0, 0.05) is 23.6 Å². The van der Waals surface area contributed by atoms with Crippen molar-refractivity contribution in [1.82, 2.24) is 15.3 Å². The molecule has 1 aromatic heterocycles. The van der Waals surface area contributed by atoms with Gasteiger partial charge < -0.3 is 20.9 Å². The number of ether oxygens (including phenoxy) is 1. The molecule has 2 aliphatic rings. The van der Waals surface area contributed by atoms with Gasteiger partial charge in [-0.3, -0.25) is 4.79 Å². The predicted octanol–water partition coefficient (Wildman–Crippen LogP) is 4.00. The number of aromatic nitrogens is 2. The summed E-state index contributed by atoms with van der Waals surface area (Å²) in [6, 6.07) is 11.6. The third-order valence-corrected chi connectivity index (χ3v) is 10.4. The van der Waals surface area contributed by atoms with E-state index in [1.54, 1.807) is 0 Å². The molecule has 4 N–H and O–H groups in total. The lowest BCUT2D eigenvalue weighted by Gasteiger charge is -2.31. The quantitative estimate of drug-likeness (QED) is 0.435. The van der Waals surface area contributed by atoms with E-state index in [9.17, 15) is 14.3 Å². The first-order chi connectivity index (χ1) is 17.7. The Hall–Kier alpha value is -3.50. The molecule has 2 aliphatic heterocycles. The molecule has 1 saturated heterocycles. The van der Waals surface area contributed by atoms with Gasteiger partial charge in [0.2, 0.25) is 0 Å². The van der Waals surface area contributed by atoms with E-state index in [4.69, 9.17) is 14.9 Å². The lowest BCUT2D eigenvalue weighted by molar-refractivity contribution is 0.0491. The monoisotopic (exact) mass is 523 g/mol. The molecular formula is C27H30FN5O3S. The van der Waals surface area contributed by atoms with Gasteiger partial charge in [0.1, 0.15) is 28.7 Å². The normalized spacial score (nSPS) is 24.5. The molecule has 8 nitrogen and oxygen atoms in total. The molecule has 3 aromatic rings. The molecule has 2 aromatic carbocycles. The Labute approximate surface area is 216 Å². The minimum absolute atomic E-state index is 0.141. The highest BCUT2D eigenvalue weighted by Crippen LogP contribution is 2.64. The van der Waals surface area contributed by atoms with Crippen molar-refractivity contribution in [2.75, 3.05) is 24.3 Å². The van der Waals surface area contributed by atoms with Crippen LogP contribution in [0.15, 0.2) is 58.2 Å². The number of hydrogen-bond acceptors (Lipinski definition) is 7. The van der Waals surface area contributed by atoms with E-state index < -0.39 is 27.5 Å². The van der Waals surface area contributed by atoms with Crippen LogP contribution in [0.1, 0.15) is 53.2 Å². The molecular weight excluding hydrogens is 493 g/mol. The number of anilines is 1. The first-order valence-corrected chi connectivity index (χ1v) is 14.1. The summed E-state index contributed by atoms with van der Waals surface area (Å²) >= 11 is 0. The fourth-order valence-corrected chi connectivity index (χ4v) is 8.49. The molecule has 3 heterocycles. The van der Waals surface area contributed by atoms with Gasteiger partial charge in [-0.05, 0) is 49.9 Å². The highest BCUT2D eigenvalue weighted by Gasteiger charge is 2.42. The molecule has 5 rings (SSSR count). The Bertz CT molecular complexity index is 1380. The van der Waals surface area contributed by atoms with Crippen molar-refractivity contribution in [3.05, 3.63) is 76.9 Å². The maximum Gasteiger partial charge on any atom is 0.255 e. The fourth-order valence-electron chi connectivity index (χ4n) is 4.86. The molecule has 2 atom stereocenters. The van der Waals surface area contributed by atoms with E-state index in [0.717, 1.165) is 57.8 Å². The van der Waals surface area contributed by atoms with E-state index >= 15 is 0 Å². The number of carbonyl (C=O) groups excluding carboxylic acids is 1. The molecule has 0 aliphatic carbocycles. The zero-order chi connectivity index (χ0) is 26.2. The zero-order valence-corrected chi connectivity index (χ0v) is 21.6. The largest absolute Gasteiger partial charge is 0.496 e. The lowest BCUT2D eigenvalue weighted by Crippen LogP contribution is -2.23. The van der Waals surface area contributed by atoms with Crippen LogP contribution in [0, 0.1) is 5.82 Å². The van der Waals surface area contributed by atoms with E-state index in [1.165, 1.54) is 25.6 Å². The second kappa shape index (κ2) is 9.75. The first-order valence-electron chi connectivity index (χ1n) is 12.1. The highest BCUT2D eigenvalue weighted by molar-refractivity contribution is 8.33. The number of fused-ring (bicyclic) bond motifs is 2. The molecule has 0 radical (unpaired) electrons. The van der Waals surface area contributed by atoms with Gasteiger partial charge in [0.05, 0.1) is 29.5 Å². The molecule has 10 heteroatoms. The van der Waals surface area contributed by atoms with Crippen molar-refractivity contribution >= 4 is 27.7 Å². The molecule has 0 bridgehead atoms. The lowest BCUT2D eigenvalue weighted by atomic mass is 9.98. The van der Waals surface area contributed by atoms with Crippen LogP contribution in [0.5, 0.6) is 5.75 Å². The SMILES string of the molecule is COc1ccc(F)cc1C(=O)NCc1ccc(C2=NS3(CCCC(C)(O)CC3)c3ncnc(N)c32)cc1. The van der Waals surface area contributed by atoms with Crippen LogP contribution in [0.2, 0.25) is 0 Å². The number of amides is 1. The summed E-state index contributed by atoms with van der Waals surface area (Å²) < 4.78 is 24.1. The third kappa shape index (κ3) is 4.91. The Morgan fingerprint density at radius 1 is 1.19 bits per heavy atom. The second-order valence-electron chi connectivity index (χ2n) is 9.70. The number of nitrogen functional groups attached to an aromatic ring is 1. The van der Waals surface area contributed by atoms with Crippen molar-refractivity contribution in [2.24, 2.45) is 4.40 Å². The van der Waals surface area contributed by atoms with E-state index in [1.807, 2.05) is 31.2 Å². The van der Waals surface area contributed by atoms with Gasteiger partial charge >= 0.3 is 0 Å². The van der Waals surface area contributed by atoms with E-state index in [0.29, 0.717) is 18.0 Å². The van der Waals surface area contributed by atoms with Gasteiger partial charge in [0.25, 0.3) is 5.91 Å². The number of carbonyl (C=O) groups is 1. The number of rotatable bonds is 5. The second-order valence-corrected chi connectivity index (χ2v) is 12.8. The van der Waals surface area contributed by atoms with Gasteiger partial charge in [-0.1, -0.05) is 34.5 Å². The highest BCUT2D eigenvalue weighted by atomic mass is 32.3. The average molecular weight is 524 g/mol. The summed E-state index contributed by atoms with van der Waals surface area (Å²) in [6.07, 6.45) is 3.78. The van der Waals surface area contributed by atoms with E-state index in [-0.39, 0.29) is 12.1 Å². The summed E-state index contributed by atoms with van der Waals surface area (Å²) in [7, 11) is -0.186. The van der Waals surface area contributed by atoms with Crippen LogP contribution in [-0.4, -0.2) is 50.9 Å². The molecule has 1 fully saturated rings. The van der Waals surface area contributed by atoms with Gasteiger partial charge in [-0.2, -0.15) is 0 Å². The maximum atomic E-state index is 13.7. The summed E-state index contributed by atoms with van der Waals surface area (Å²) in [5, 5.41) is 14.4. The number of nitrogens with zero attached hydrogens (tertiary/aromatic N) is 3. The maximum absolute atomic E-state index is 13.7. The van der Waals surface area contributed by atoms with Crippen molar-refractivity contribution in [1.29, 1.82) is 0 Å². The van der Waals surface area contributed by atoms with Crippen molar-refractivity contribution in [2.45, 2.75) is 43.4 Å². The van der Waals surface area contributed by atoms with Crippen molar-refractivity contribution in [3.8, 4) is 5.75 Å². The van der Waals surface area contributed by atoms with Crippen LogP contribution in [-0.2, 0) is 6.54 Å². The molecule has 194 valence electrons. The standard InChI is InChI=1S/C27H30FN5O3S/c1-27(35)10-3-12-37(13-11-27)26-22(24(29)31-16-32-26)23(33-37)18-6-4-17(5-7-18)15-30-25(34)20-14-19(28)8-9-21(20)36-2/h4-9,14,16,35H,3,10-13,15H2,1-2H3,(H,30,34)(H2,29,31,32). The number of nitrogens with two attached hydrogens (primary N) is 1. The predicted molar refractivity (Wildman–Crippen MR) is 143 cm³/mol. The smallest absolute Gasteiger partial charge is 0.255 e. The summed E-state index contributed by atoms with van der Waals surface area (Å²) in [4.78, 5) is 21.5. The average Bonchev–Trinajstić information content (AvgIpc) is 3.13. The summed E-state index contributed by atoms with van der Waals surface area (Å²) in [5.74, 6) is 1.42. The van der Waals surface area contributed by atoms with Crippen LogP contribution in [0.3, 0.4) is 0 Å². The summed E-state index contributed by atoms with van der Waals surface area (Å²) in [6.45, 7) is 2.15. The molecule has 1 amide bonds. The third-order valence-electron chi connectivity index (χ3n) is 6.97. The number of benzene rings is 2. The topological polar surface area (TPSA) is 123 Å². The molecule has 2 unspecified atom stereocenters.